The lowest BCUT2D eigenvalue weighted by Gasteiger charge is -2.25. The maximum Gasteiger partial charge on any atom is 0.407 e. The summed E-state index contributed by atoms with van der Waals surface area (Å²) in [6.07, 6.45) is 1.93. The average molecular weight is 557 g/mol. The van der Waals surface area contributed by atoms with Crippen LogP contribution in [0.25, 0.3) is 0 Å². The maximum atomic E-state index is 12.9. The van der Waals surface area contributed by atoms with Crippen molar-refractivity contribution in [3.8, 4) is 0 Å². The van der Waals surface area contributed by atoms with Crippen LogP contribution in [0.2, 0.25) is 0 Å². The third-order valence-corrected chi connectivity index (χ3v) is 5.61. The molecule has 0 aliphatic rings. The zero-order valence-electron chi connectivity index (χ0n) is 23.2. The summed E-state index contributed by atoms with van der Waals surface area (Å²) < 4.78 is 9.97. The minimum absolute atomic E-state index is 0. The lowest BCUT2D eigenvalue weighted by Crippen LogP contribution is -2.55. The number of ether oxygens (including phenoxy) is 2. The number of alkyl carbamates (subject to hydrolysis) is 1. The van der Waals surface area contributed by atoms with Crippen LogP contribution in [-0.4, -0.2) is 55.7 Å². The van der Waals surface area contributed by atoms with Gasteiger partial charge in [-0.25, -0.2) is 9.59 Å². The van der Waals surface area contributed by atoms with Gasteiger partial charge in [0.05, 0.1) is 13.2 Å². The molecule has 0 fully saturated rings. The molecule has 5 N–H and O–H groups in total. The summed E-state index contributed by atoms with van der Waals surface area (Å²) in [7, 11) is 1.28. The summed E-state index contributed by atoms with van der Waals surface area (Å²) in [4.78, 5) is 49.5. The van der Waals surface area contributed by atoms with E-state index in [1.165, 1.54) is 7.11 Å². The molecule has 0 unspecified atom stereocenters. The largest absolute Gasteiger partial charge is 0.467 e. The maximum absolute atomic E-state index is 12.9. The second-order valence-electron chi connectivity index (χ2n) is 10.00. The van der Waals surface area contributed by atoms with Crippen LogP contribution < -0.4 is 21.7 Å². The Balaban J connectivity index is 0.0000137. The van der Waals surface area contributed by atoms with Gasteiger partial charge in [0.25, 0.3) is 0 Å². The monoisotopic (exact) mass is 556 g/mol. The van der Waals surface area contributed by atoms with Crippen LogP contribution in [0, 0.1) is 11.8 Å². The number of esters is 1. The number of carbonyl (C=O) groups excluding carboxylic acids is 4. The van der Waals surface area contributed by atoms with Gasteiger partial charge in [-0.15, -0.1) is 12.4 Å². The molecule has 0 saturated heterocycles. The van der Waals surface area contributed by atoms with Gasteiger partial charge in [0, 0.05) is 6.54 Å². The van der Waals surface area contributed by atoms with Crippen molar-refractivity contribution < 1.29 is 28.7 Å². The molecular formula is C27H45ClN4O6. The van der Waals surface area contributed by atoms with E-state index < -0.39 is 42.0 Å². The SMILES string of the molecule is COC(=O)[C@H](CC(C)C)NC(=O)[C@H](CC(C)C)NC(=O)[C@@H](N)CCCCNC(=O)OCc1ccccc1.Cl. The summed E-state index contributed by atoms with van der Waals surface area (Å²) in [5.41, 5.74) is 6.96. The molecule has 38 heavy (non-hydrogen) atoms. The van der Waals surface area contributed by atoms with Crippen molar-refractivity contribution in [2.75, 3.05) is 13.7 Å². The van der Waals surface area contributed by atoms with Gasteiger partial charge in [0.1, 0.15) is 18.7 Å². The van der Waals surface area contributed by atoms with Crippen molar-refractivity contribution in [2.45, 2.75) is 84.5 Å². The Morgan fingerprint density at radius 1 is 0.868 bits per heavy atom. The molecule has 0 radical (unpaired) electrons. The summed E-state index contributed by atoms with van der Waals surface area (Å²) in [6, 6.07) is 6.97. The Hall–Kier alpha value is -2.85. The van der Waals surface area contributed by atoms with Crippen molar-refractivity contribution in [1.82, 2.24) is 16.0 Å². The highest BCUT2D eigenvalue weighted by atomic mass is 35.5. The van der Waals surface area contributed by atoms with Gasteiger partial charge in [-0.05, 0) is 49.5 Å². The normalized spacial score (nSPS) is 13.1. The number of hydrogen-bond donors (Lipinski definition) is 4. The molecule has 0 spiro atoms. The molecule has 3 atom stereocenters. The Morgan fingerprint density at radius 3 is 2.03 bits per heavy atom. The molecule has 3 amide bonds. The summed E-state index contributed by atoms with van der Waals surface area (Å²) in [5.74, 6) is -1.11. The summed E-state index contributed by atoms with van der Waals surface area (Å²) in [6.45, 7) is 8.35. The number of methoxy groups -OCH3 is 1. The molecule has 1 aromatic carbocycles. The van der Waals surface area contributed by atoms with Crippen LogP contribution in [0.1, 0.15) is 65.4 Å². The predicted molar refractivity (Wildman–Crippen MR) is 148 cm³/mol. The van der Waals surface area contributed by atoms with Gasteiger partial charge in [-0.1, -0.05) is 58.0 Å². The Kier molecular flexibility index (Phi) is 17.8. The molecule has 0 bridgehead atoms. The standard InChI is InChI=1S/C27H44N4O6.ClH/c1-18(2)15-22(25(33)31-23(16-19(3)4)26(34)36-5)30-24(32)21(28)13-9-10-14-29-27(35)37-17-20-11-7-6-8-12-20;/h6-8,11-12,18-19,21-23H,9-10,13-17,28H2,1-5H3,(H,29,35)(H,30,32)(H,31,33);1H/t21-,22-,23-;/m0./s1. The molecule has 0 aromatic heterocycles. The average Bonchev–Trinajstić information content (AvgIpc) is 2.85. The van der Waals surface area contributed by atoms with E-state index in [2.05, 4.69) is 16.0 Å². The van der Waals surface area contributed by atoms with Crippen molar-refractivity contribution >= 4 is 36.3 Å². The van der Waals surface area contributed by atoms with Crippen LogP contribution in [-0.2, 0) is 30.5 Å². The van der Waals surface area contributed by atoms with Gasteiger partial charge in [-0.3, -0.25) is 9.59 Å². The topological polar surface area (TPSA) is 149 Å². The molecule has 0 aliphatic heterocycles. The highest BCUT2D eigenvalue weighted by Gasteiger charge is 2.29. The van der Waals surface area contributed by atoms with Crippen LogP contribution in [0.15, 0.2) is 30.3 Å². The first-order chi connectivity index (χ1) is 17.5. The fourth-order valence-corrected chi connectivity index (χ4v) is 3.67. The van der Waals surface area contributed by atoms with Gasteiger partial charge in [-0.2, -0.15) is 0 Å². The third kappa shape index (κ3) is 14.8. The minimum atomic E-state index is -0.820. The predicted octanol–water partition coefficient (Wildman–Crippen LogP) is 3.07. The van der Waals surface area contributed by atoms with E-state index in [9.17, 15) is 19.2 Å². The van der Waals surface area contributed by atoms with Gasteiger partial charge < -0.3 is 31.2 Å². The molecule has 216 valence electrons. The van der Waals surface area contributed by atoms with Crippen LogP contribution in [0.3, 0.4) is 0 Å². The second kappa shape index (κ2) is 19.3. The number of unbranched alkanes of at least 4 members (excludes halogenated alkanes) is 1. The van der Waals surface area contributed by atoms with E-state index in [0.717, 1.165) is 5.56 Å². The first-order valence-corrected chi connectivity index (χ1v) is 12.9. The van der Waals surface area contributed by atoms with Crippen LogP contribution in [0.5, 0.6) is 0 Å². The van der Waals surface area contributed by atoms with E-state index in [0.29, 0.717) is 38.6 Å². The van der Waals surface area contributed by atoms with Crippen molar-refractivity contribution in [2.24, 2.45) is 17.6 Å². The number of halogens is 1. The summed E-state index contributed by atoms with van der Waals surface area (Å²) >= 11 is 0. The molecule has 0 saturated carbocycles. The summed E-state index contributed by atoms with van der Waals surface area (Å²) in [5, 5.41) is 8.13. The van der Waals surface area contributed by atoms with Crippen LogP contribution in [0.4, 0.5) is 4.79 Å². The van der Waals surface area contributed by atoms with E-state index in [1.54, 1.807) is 0 Å². The lowest BCUT2D eigenvalue weighted by molar-refractivity contribution is -0.146. The van der Waals surface area contributed by atoms with E-state index in [4.69, 9.17) is 15.2 Å². The van der Waals surface area contributed by atoms with E-state index in [1.807, 2.05) is 58.0 Å². The first kappa shape index (κ1) is 35.2. The molecule has 10 nitrogen and oxygen atoms in total. The molecule has 1 rings (SSSR count). The quantitative estimate of drug-likeness (QED) is 0.180. The minimum Gasteiger partial charge on any atom is -0.467 e. The Bertz CT molecular complexity index is 853. The Morgan fingerprint density at radius 2 is 1.45 bits per heavy atom. The highest BCUT2D eigenvalue weighted by molar-refractivity contribution is 5.92. The van der Waals surface area contributed by atoms with E-state index >= 15 is 0 Å². The van der Waals surface area contributed by atoms with Gasteiger partial charge in [0.15, 0.2) is 0 Å². The fraction of sp³-hybridized carbons (Fsp3) is 0.630. The smallest absolute Gasteiger partial charge is 0.407 e. The number of amides is 3. The van der Waals surface area contributed by atoms with Crippen molar-refractivity contribution in [3.05, 3.63) is 35.9 Å². The molecule has 0 aliphatic carbocycles. The third-order valence-electron chi connectivity index (χ3n) is 5.61. The van der Waals surface area contributed by atoms with E-state index in [-0.39, 0.29) is 30.8 Å². The van der Waals surface area contributed by atoms with Crippen LogP contribution >= 0.6 is 12.4 Å². The lowest BCUT2D eigenvalue weighted by atomic mass is 10.00. The molecule has 11 heteroatoms. The zero-order valence-corrected chi connectivity index (χ0v) is 24.0. The number of nitrogens with two attached hydrogens (primary N) is 1. The second-order valence-corrected chi connectivity index (χ2v) is 10.00. The van der Waals surface area contributed by atoms with Crippen molar-refractivity contribution in [1.29, 1.82) is 0 Å². The van der Waals surface area contributed by atoms with Crippen molar-refractivity contribution in [3.63, 3.8) is 0 Å². The highest BCUT2D eigenvalue weighted by Crippen LogP contribution is 2.10. The Labute approximate surface area is 232 Å². The number of nitrogens with one attached hydrogen (secondary N) is 3. The molecule has 1 aromatic rings. The molecular weight excluding hydrogens is 512 g/mol. The number of hydrogen-bond acceptors (Lipinski definition) is 7. The van der Waals surface area contributed by atoms with Gasteiger partial charge >= 0.3 is 12.1 Å². The zero-order chi connectivity index (χ0) is 27.8. The number of carbonyl (C=O) groups is 4. The number of benzene rings is 1. The van der Waals surface area contributed by atoms with Gasteiger partial charge in [0.2, 0.25) is 11.8 Å². The molecule has 0 heterocycles. The number of rotatable bonds is 16. The first-order valence-electron chi connectivity index (χ1n) is 12.9. The fourth-order valence-electron chi connectivity index (χ4n) is 3.67.